The Morgan fingerprint density at radius 2 is 1.81 bits per heavy atom. The van der Waals surface area contributed by atoms with Crippen molar-refractivity contribution in [1.29, 1.82) is 0 Å². The highest BCUT2D eigenvalue weighted by Crippen LogP contribution is 2.23. The fourth-order valence-electron chi connectivity index (χ4n) is 2.82. The first-order valence-corrected chi connectivity index (χ1v) is 10.4. The summed E-state index contributed by atoms with van der Waals surface area (Å²) in [4.78, 5) is 29.6. The van der Waals surface area contributed by atoms with Crippen molar-refractivity contribution in [2.75, 3.05) is 39.3 Å². The zero-order valence-electron chi connectivity index (χ0n) is 14.9. The smallest absolute Gasteiger partial charge is 0.258 e. The molecule has 0 atom stereocenters. The van der Waals surface area contributed by atoms with Gasteiger partial charge in [0.15, 0.2) is 6.61 Å². The van der Waals surface area contributed by atoms with Crippen LogP contribution in [0, 0.1) is 0 Å². The lowest BCUT2D eigenvalue weighted by molar-refractivity contribution is -0.134. The van der Waals surface area contributed by atoms with Crippen molar-refractivity contribution in [3.05, 3.63) is 51.1 Å². The first-order valence-electron chi connectivity index (χ1n) is 8.79. The molecule has 0 radical (unpaired) electrons. The highest BCUT2D eigenvalue weighted by Gasteiger charge is 2.21. The van der Waals surface area contributed by atoms with Gasteiger partial charge in [-0.05, 0) is 40.2 Å². The van der Waals surface area contributed by atoms with Crippen molar-refractivity contribution in [2.45, 2.75) is 6.54 Å². The van der Waals surface area contributed by atoms with Crippen molar-refractivity contribution < 1.29 is 14.3 Å². The Morgan fingerprint density at radius 3 is 2.48 bits per heavy atom. The van der Waals surface area contributed by atoms with Gasteiger partial charge in [-0.25, -0.2) is 0 Å². The van der Waals surface area contributed by atoms with Gasteiger partial charge in [0.2, 0.25) is 5.91 Å². The van der Waals surface area contributed by atoms with Crippen LogP contribution in [0.5, 0.6) is 5.75 Å². The second-order valence-electron chi connectivity index (χ2n) is 6.24. The fraction of sp³-hybridized carbons (Fsp3) is 0.368. The molecular formula is C19H22BrN3O3S. The Balaban J connectivity index is 1.33. The van der Waals surface area contributed by atoms with Gasteiger partial charge in [0.25, 0.3) is 5.91 Å². The minimum atomic E-state index is -0.297. The highest BCUT2D eigenvalue weighted by molar-refractivity contribution is 9.11. The van der Waals surface area contributed by atoms with Gasteiger partial charge in [-0.1, -0.05) is 18.2 Å². The molecule has 2 amide bonds. The number of para-hydroxylation sites is 1. The third kappa shape index (κ3) is 6.34. The van der Waals surface area contributed by atoms with E-state index in [4.69, 9.17) is 4.74 Å². The van der Waals surface area contributed by atoms with Crippen molar-refractivity contribution in [1.82, 2.24) is 15.1 Å². The first kappa shape index (κ1) is 19.9. The molecular weight excluding hydrogens is 430 g/mol. The molecule has 1 aliphatic rings. The number of hydrogen-bond acceptors (Lipinski definition) is 5. The zero-order chi connectivity index (χ0) is 19.1. The molecule has 1 aliphatic heterocycles. The lowest BCUT2D eigenvalue weighted by atomic mass is 10.3. The van der Waals surface area contributed by atoms with Gasteiger partial charge < -0.3 is 15.0 Å². The third-order valence-corrected chi connectivity index (χ3v) is 5.89. The van der Waals surface area contributed by atoms with Crippen LogP contribution < -0.4 is 10.1 Å². The SMILES string of the molecule is O=C(COc1ccccc1)NCC(=O)N1CCN(Cc2ccc(Br)s2)CC1. The van der Waals surface area contributed by atoms with Crippen LogP contribution in [0.15, 0.2) is 46.3 Å². The van der Waals surface area contributed by atoms with E-state index in [1.807, 2.05) is 18.2 Å². The monoisotopic (exact) mass is 451 g/mol. The molecule has 1 saturated heterocycles. The number of nitrogens with one attached hydrogen (secondary N) is 1. The van der Waals surface area contributed by atoms with Crippen LogP contribution in [0.2, 0.25) is 0 Å². The van der Waals surface area contributed by atoms with E-state index in [9.17, 15) is 9.59 Å². The van der Waals surface area contributed by atoms with Crippen LogP contribution in [0.3, 0.4) is 0 Å². The molecule has 0 aliphatic carbocycles. The molecule has 1 aromatic heterocycles. The van der Waals surface area contributed by atoms with Gasteiger partial charge in [0.1, 0.15) is 5.75 Å². The number of ether oxygens (including phenoxy) is 1. The topological polar surface area (TPSA) is 61.9 Å². The third-order valence-electron chi connectivity index (χ3n) is 4.28. The number of nitrogens with zero attached hydrogens (tertiary/aromatic N) is 2. The van der Waals surface area contributed by atoms with Crippen LogP contribution in [0.1, 0.15) is 4.88 Å². The minimum Gasteiger partial charge on any atom is -0.484 e. The summed E-state index contributed by atoms with van der Waals surface area (Å²) in [5.41, 5.74) is 0. The van der Waals surface area contributed by atoms with E-state index in [0.29, 0.717) is 18.8 Å². The van der Waals surface area contributed by atoms with E-state index >= 15 is 0 Å². The molecule has 1 N–H and O–H groups in total. The molecule has 3 rings (SSSR count). The quantitative estimate of drug-likeness (QED) is 0.701. The van der Waals surface area contributed by atoms with Gasteiger partial charge >= 0.3 is 0 Å². The summed E-state index contributed by atoms with van der Waals surface area (Å²) in [6.45, 7) is 3.87. The number of thiophene rings is 1. The molecule has 1 aromatic carbocycles. The largest absolute Gasteiger partial charge is 0.484 e. The molecule has 2 aromatic rings. The van der Waals surface area contributed by atoms with E-state index in [1.165, 1.54) is 4.88 Å². The van der Waals surface area contributed by atoms with Crippen molar-refractivity contribution >= 4 is 39.1 Å². The lowest BCUT2D eigenvalue weighted by Crippen LogP contribution is -2.51. The number of amides is 2. The number of hydrogen-bond donors (Lipinski definition) is 1. The number of halogens is 1. The summed E-state index contributed by atoms with van der Waals surface area (Å²) in [7, 11) is 0. The molecule has 144 valence electrons. The average molecular weight is 452 g/mol. The van der Waals surface area contributed by atoms with E-state index < -0.39 is 0 Å². The van der Waals surface area contributed by atoms with Crippen LogP contribution in [-0.4, -0.2) is 60.9 Å². The maximum atomic E-state index is 12.3. The molecule has 2 heterocycles. The summed E-state index contributed by atoms with van der Waals surface area (Å²) in [5, 5.41) is 2.63. The molecule has 6 nitrogen and oxygen atoms in total. The normalized spacial score (nSPS) is 14.8. The second kappa shape index (κ2) is 9.87. The summed E-state index contributed by atoms with van der Waals surface area (Å²) >= 11 is 5.22. The van der Waals surface area contributed by atoms with Crippen molar-refractivity contribution in [3.63, 3.8) is 0 Å². The molecule has 27 heavy (non-hydrogen) atoms. The Hall–Kier alpha value is -1.90. The lowest BCUT2D eigenvalue weighted by Gasteiger charge is -2.34. The summed E-state index contributed by atoms with van der Waals surface area (Å²) < 4.78 is 6.51. The Bertz CT molecular complexity index is 761. The Labute approximate surface area is 171 Å². The molecule has 0 saturated carbocycles. The van der Waals surface area contributed by atoms with Crippen molar-refractivity contribution in [3.8, 4) is 5.75 Å². The van der Waals surface area contributed by atoms with Gasteiger partial charge in [0.05, 0.1) is 10.3 Å². The zero-order valence-corrected chi connectivity index (χ0v) is 17.3. The van der Waals surface area contributed by atoms with Gasteiger partial charge in [-0.2, -0.15) is 0 Å². The van der Waals surface area contributed by atoms with Crippen LogP contribution in [0.25, 0.3) is 0 Å². The average Bonchev–Trinajstić information content (AvgIpc) is 3.10. The predicted octanol–water partition coefficient (Wildman–Crippen LogP) is 2.35. The van der Waals surface area contributed by atoms with Crippen LogP contribution >= 0.6 is 27.3 Å². The van der Waals surface area contributed by atoms with E-state index in [2.05, 4.69) is 38.3 Å². The predicted molar refractivity (Wildman–Crippen MR) is 109 cm³/mol. The van der Waals surface area contributed by atoms with E-state index in [0.717, 1.165) is 23.4 Å². The molecule has 0 spiro atoms. The number of piperazine rings is 1. The Kier molecular flexibility index (Phi) is 7.25. The standard InChI is InChI=1S/C19H22BrN3O3S/c20-17-7-6-16(27-17)13-22-8-10-23(11-9-22)19(25)12-21-18(24)14-26-15-4-2-1-3-5-15/h1-7H,8-14H2,(H,21,24). The second-order valence-corrected chi connectivity index (χ2v) is 8.79. The molecule has 0 bridgehead atoms. The summed E-state index contributed by atoms with van der Waals surface area (Å²) in [6, 6.07) is 13.3. The maximum absolute atomic E-state index is 12.3. The number of rotatable bonds is 7. The number of carbonyl (C=O) groups excluding carboxylic acids is 2. The van der Waals surface area contributed by atoms with Crippen LogP contribution in [-0.2, 0) is 16.1 Å². The summed E-state index contributed by atoms with van der Waals surface area (Å²) in [6.07, 6.45) is 0. The fourth-order valence-corrected chi connectivity index (χ4v) is 4.34. The number of carbonyl (C=O) groups is 2. The van der Waals surface area contributed by atoms with Crippen molar-refractivity contribution in [2.24, 2.45) is 0 Å². The maximum Gasteiger partial charge on any atom is 0.258 e. The van der Waals surface area contributed by atoms with E-state index in [-0.39, 0.29) is 25.0 Å². The minimum absolute atomic E-state index is 0.00878. The molecule has 8 heteroatoms. The van der Waals surface area contributed by atoms with Gasteiger partial charge in [0, 0.05) is 37.6 Å². The van der Waals surface area contributed by atoms with Crippen LogP contribution in [0.4, 0.5) is 0 Å². The highest BCUT2D eigenvalue weighted by atomic mass is 79.9. The first-order chi connectivity index (χ1) is 13.1. The van der Waals surface area contributed by atoms with E-state index in [1.54, 1.807) is 28.4 Å². The van der Waals surface area contributed by atoms with Gasteiger partial charge in [-0.3, -0.25) is 14.5 Å². The number of benzene rings is 1. The Morgan fingerprint density at radius 1 is 1.07 bits per heavy atom. The molecule has 1 fully saturated rings. The summed E-state index contributed by atoms with van der Waals surface area (Å²) in [5.74, 6) is 0.281. The van der Waals surface area contributed by atoms with Gasteiger partial charge in [-0.15, -0.1) is 11.3 Å². The molecule has 0 unspecified atom stereocenters.